The number of rotatable bonds is 3. The van der Waals surface area contributed by atoms with Gasteiger partial charge in [-0.3, -0.25) is 0 Å². The molecule has 1 heterocycles. The summed E-state index contributed by atoms with van der Waals surface area (Å²) in [7, 11) is 4.07. The second-order valence-corrected chi connectivity index (χ2v) is 6.28. The Morgan fingerprint density at radius 2 is 1.82 bits per heavy atom. The molecular weight excluding hydrogens is 280 g/mol. The molecule has 0 atom stereocenters. The Morgan fingerprint density at radius 3 is 2.29 bits per heavy atom. The summed E-state index contributed by atoms with van der Waals surface area (Å²) in [4.78, 5) is 11.0. The molecule has 0 amide bonds. The second-order valence-electron chi connectivity index (χ2n) is 5.49. The lowest BCUT2D eigenvalue weighted by molar-refractivity contribution is 0.408. The molecule has 5 heteroatoms. The van der Waals surface area contributed by atoms with Crippen molar-refractivity contribution in [3.05, 3.63) is 16.0 Å². The van der Waals surface area contributed by atoms with E-state index in [0.29, 0.717) is 5.82 Å². The first-order chi connectivity index (χ1) is 7.71. The van der Waals surface area contributed by atoms with Gasteiger partial charge >= 0.3 is 0 Å². The van der Waals surface area contributed by atoms with E-state index in [1.54, 1.807) is 0 Å². The SMILES string of the molecule is CN(C)CCc1nc(N)c(Br)c(C(C)(C)C)n1. The molecule has 4 nitrogen and oxygen atoms in total. The highest BCUT2D eigenvalue weighted by Crippen LogP contribution is 2.31. The van der Waals surface area contributed by atoms with Crippen LogP contribution >= 0.6 is 15.9 Å². The van der Waals surface area contributed by atoms with Crippen LogP contribution in [-0.4, -0.2) is 35.5 Å². The van der Waals surface area contributed by atoms with E-state index in [0.717, 1.165) is 29.0 Å². The Hall–Kier alpha value is -0.680. The molecule has 0 aliphatic carbocycles. The predicted molar refractivity (Wildman–Crippen MR) is 75.1 cm³/mol. The number of halogens is 1. The maximum atomic E-state index is 5.91. The molecule has 0 aromatic carbocycles. The first-order valence-electron chi connectivity index (χ1n) is 5.69. The summed E-state index contributed by atoms with van der Waals surface area (Å²) in [5.74, 6) is 1.34. The molecule has 0 spiro atoms. The van der Waals surface area contributed by atoms with E-state index < -0.39 is 0 Å². The number of hydrogen-bond acceptors (Lipinski definition) is 4. The second kappa shape index (κ2) is 5.31. The van der Waals surface area contributed by atoms with Crippen LogP contribution in [0.1, 0.15) is 32.3 Å². The third-order valence-corrected chi connectivity index (χ3v) is 3.20. The van der Waals surface area contributed by atoms with Gasteiger partial charge in [0.1, 0.15) is 11.6 Å². The van der Waals surface area contributed by atoms with Gasteiger partial charge in [0.15, 0.2) is 0 Å². The molecule has 17 heavy (non-hydrogen) atoms. The summed E-state index contributed by atoms with van der Waals surface area (Å²) in [6.45, 7) is 7.28. The number of nitrogens with two attached hydrogens (primary N) is 1. The zero-order valence-electron chi connectivity index (χ0n) is 11.2. The Morgan fingerprint density at radius 1 is 1.24 bits per heavy atom. The van der Waals surface area contributed by atoms with E-state index in [4.69, 9.17) is 5.73 Å². The number of likely N-dealkylation sites (N-methyl/N-ethyl adjacent to an activating group) is 1. The summed E-state index contributed by atoms with van der Waals surface area (Å²) >= 11 is 3.47. The molecule has 0 radical (unpaired) electrons. The van der Waals surface area contributed by atoms with Crippen LogP contribution in [0.3, 0.4) is 0 Å². The Kier molecular flexibility index (Phi) is 4.49. The highest BCUT2D eigenvalue weighted by atomic mass is 79.9. The molecule has 0 aliphatic rings. The minimum Gasteiger partial charge on any atom is -0.383 e. The predicted octanol–water partition coefficient (Wildman–Crippen LogP) is 2.22. The average molecular weight is 301 g/mol. The van der Waals surface area contributed by atoms with Gasteiger partial charge in [-0.05, 0) is 30.0 Å². The van der Waals surface area contributed by atoms with Gasteiger partial charge in [-0.25, -0.2) is 9.97 Å². The smallest absolute Gasteiger partial charge is 0.141 e. The molecule has 0 unspecified atom stereocenters. The van der Waals surface area contributed by atoms with E-state index >= 15 is 0 Å². The van der Waals surface area contributed by atoms with Gasteiger partial charge in [-0.1, -0.05) is 20.8 Å². The van der Waals surface area contributed by atoms with Crippen LogP contribution in [-0.2, 0) is 11.8 Å². The van der Waals surface area contributed by atoms with Gasteiger partial charge in [0.2, 0.25) is 0 Å². The largest absolute Gasteiger partial charge is 0.383 e. The average Bonchev–Trinajstić information content (AvgIpc) is 2.17. The van der Waals surface area contributed by atoms with Gasteiger partial charge < -0.3 is 10.6 Å². The fraction of sp³-hybridized carbons (Fsp3) is 0.667. The summed E-state index contributed by atoms with van der Waals surface area (Å²) in [5.41, 5.74) is 6.85. The number of nitrogens with zero attached hydrogens (tertiary/aromatic N) is 3. The number of hydrogen-bond donors (Lipinski definition) is 1. The summed E-state index contributed by atoms with van der Waals surface area (Å²) in [6, 6.07) is 0. The van der Waals surface area contributed by atoms with Crippen molar-refractivity contribution >= 4 is 21.7 Å². The van der Waals surface area contributed by atoms with Crippen molar-refractivity contribution in [2.75, 3.05) is 26.4 Å². The Balaban J connectivity index is 3.07. The van der Waals surface area contributed by atoms with Crippen LogP contribution < -0.4 is 5.73 Å². The number of nitrogen functional groups attached to an aromatic ring is 1. The van der Waals surface area contributed by atoms with E-state index in [9.17, 15) is 0 Å². The molecule has 1 aromatic heterocycles. The molecule has 1 aromatic rings. The van der Waals surface area contributed by atoms with E-state index in [1.165, 1.54) is 0 Å². The Bertz CT molecular complexity index is 396. The zero-order chi connectivity index (χ0) is 13.2. The van der Waals surface area contributed by atoms with Crippen molar-refractivity contribution in [2.24, 2.45) is 0 Å². The number of aromatic nitrogens is 2. The maximum Gasteiger partial charge on any atom is 0.141 e. The first-order valence-corrected chi connectivity index (χ1v) is 6.48. The van der Waals surface area contributed by atoms with Gasteiger partial charge in [0.05, 0.1) is 10.2 Å². The van der Waals surface area contributed by atoms with Crippen molar-refractivity contribution in [1.29, 1.82) is 0 Å². The molecule has 1 rings (SSSR count). The summed E-state index contributed by atoms with van der Waals surface area (Å²) in [5, 5.41) is 0. The minimum atomic E-state index is -0.0389. The van der Waals surface area contributed by atoms with Crippen molar-refractivity contribution < 1.29 is 0 Å². The van der Waals surface area contributed by atoms with Crippen molar-refractivity contribution in [2.45, 2.75) is 32.6 Å². The molecule has 0 saturated heterocycles. The first kappa shape index (κ1) is 14.4. The Labute approximate surface area is 112 Å². The van der Waals surface area contributed by atoms with E-state index in [-0.39, 0.29) is 5.41 Å². The van der Waals surface area contributed by atoms with Crippen LogP contribution in [0, 0.1) is 0 Å². The summed E-state index contributed by atoms with van der Waals surface area (Å²) in [6.07, 6.45) is 0.813. The number of anilines is 1. The maximum absolute atomic E-state index is 5.91. The fourth-order valence-corrected chi connectivity index (χ4v) is 2.22. The lowest BCUT2D eigenvalue weighted by Crippen LogP contribution is -2.21. The third kappa shape index (κ3) is 3.92. The highest BCUT2D eigenvalue weighted by Gasteiger charge is 2.22. The summed E-state index contributed by atoms with van der Waals surface area (Å²) < 4.78 is 0.818. The normalized spacial score (nSPS) is 12.2. The van der Waals surface area contributed by atoms with Gasteiger partial charge in [0, 0.05) is 18.4 Å². The van der Waals surface area contributed by atoms with Crippen LogP contribution in [0.15, 0.2) is 4.47 Å². The fourth-order valence-electron chi connectivity index (χ4n) is 1.44. The molecular formula is C12H21BrN4. The van der Waals surface area contributed by atoms with Crippen LogP contribution in [0.25, 0.3) is 0 Å². The van der Waals surface area contributed by atoms with Crippen LogP contribution in [0.2, 0.25) is 0 Å². The molecule has 96 valence electrons. The quantitative estimate of drug-likeness (QED) is 0.930. The zero-order valence-corrected chi connectivity index (χ0v) is 12.8. The third-order valence-electron chi connectivity index (χ3n) is 2.42. The van der Waals surface area contributed by atoms with Crippen molar-refractivity contribution in [3.63, 3.8) is 0 Å². The lowest BCUT2D eigenvalue weighted by Gasteiger charge is -2.21. The van der Waals surface area contributed by atoms with E-state index in [1.807, 2.05) is 14.1 Å². The van der Waals surface area contributed by atoms with Crippen molar-refractivity contribution in [1.82, 2.24) is 14.9 Å². The molecule has 2 N–H and O–H groups in total. The minimum absolute atomic E-state index is 0.0389. The molecule has 0 fully saturated rings. The van der Waals surface area contributed by atoms with Crippen molar-refractivity contribution in [3.8, 4) is 0 Å². The lowest BCUT2D eigenvalue weighted by atomic mass is 9.92. The monoisotopic (exact) mass is 300 g/mol. The van der Waals surface area contributed by atoms with Crippen LogP contribution in [0.4, 0.5) is 5.82 Å². The van der Waals surface area contributed by atoms with Gasteiger partial charge in [0.25, 0.3) is 0 Å². The highest BCUT2D eigenvalue weighted by molar-refractivity contribution is 9.10. The molecule has 0 aliphatic heterocycles. The molecule has 0 bridgehead atoms. The van der Waals surface area contributed by atoms with Gasteiger partial charge in [-0.2, -0.15) is 0 Å². The molecule has 0 saturated carbocycles. The standard InChI is InChI=1S/C12H21BrN4/c1-12(2,3)10-9(13)11(14)16-8(15-10)6-7-17(4)5/h6-7H2,1-5H3,(H2,14,15,16). The van der Waals surface area contributed by atoms with Crippen LogP contribution in [0.5, 0.6) is 0 Å². The van der Waals surface area contributed by atoms with E-state index in [2.05, 4.69) is 51.6 Å². The topological polar surface area (TPSA) is 55.0 Å². The van der Waals surface area contributed by atoms with Gasteiger partial charge in [-0.15, -0.1) is 0 Å².